The van der Waals surface area contributed by atoms with Gasteiger partial charge in [-0.1, -0.05) is 6.07 Å². The smallest absolute Gasteiger partial charge is 0.325 e. The van der Waals surface area contributed by atoms with E-state index in [1.54, 1.807) is 6.92 Å². The Labute approximate surface area is 125 Å². The van der Waals surface area contributed by atoms with Crippen LogP contribution < -0.4 is 4.74 Å². The summed E-state index contributed by atoms with van der Waals surface area (Å²) in [5.74, 6) is 0.0249. The average Bonchev–Trinajstić information content (AvgIpc) is 2.41. The molecule has 0 aliphatic rings. The van der Waals surface area contributed by atoms with Gasteiger partial charge in [0.15, 0.2) is 6.61 Å². The van der Waals surface area contributed by atoms with Crippen molar-refractivity contribution in [2.24, 2.45) is 0 Å². The van der Waals surface area contributed by atoms with Crippen molar-refractivity contribution in [2.45, 2.75) is 27.7 Å². The van der Waals surface area contributed by atoms with Crippen molar-refractivity contribution in [1.82, 2.24) is 4.90 Å². The third kappa shape index (κ3) is 5.85. The predicted octanol–water partition coefficient (Wildman–Crippen LogP) is 2.09. The summed E-state index contributed by atoms with van der Waals surface area (Å²) < 4.78 is 10.4. The summed E-state index contributed by atoms with van der Waals surface area (Å²) in [6, 6.07) is 5.79. The number of benzene rings is 1. The van der Waals surface area contributed by atoms with Crippen molar-refractivity contribution in [3.05, 3.63) is 29.3 Å². The van der Waals surface area contributed by atoms with Crippen LogP contribution in [-0.2, 0) is 14.3 Å². The molecule has 0 bridgehead atoms. The summed E-state index contributed by atoms with van der Waals surface area (Å²) in [6.07, 6.45) is 0. The van der Waals surface area contributed by atoms with Crippen LogP contribution in [0.25, 0.3) is 0 Å². The van der Waals surface area contributed by atoms with Gasteiger partial charge in [-0.2, -0.15) is 0 Å². The van der Waals surface area contributed by atoms with Crippen molar-refractivity contribution < 1.29 is 19.1 Å². The third-order valence-electron chi connectivity index (χ3n) is 2.92. The van der Waals surface area contributed by atoms with E-state index in [4.69, 9.17) is 9.47 Å². The van der Waals surface area contributed by atoms with Gasteiger partial charge in [0.25, 0.3) is 5.91 Å². The number of carbonyl (C=O) groups is 2. The molecule has 0 saturated heterocycles. The van der Waals surface area contributed by atoms with Crippen LogP contribution in [0.5, 0.6) is 5.75 Å². The highest BCUT2D eigenvalue weighted by molar-refractivity contribution is 5.83. The number of hydrogen-bond donors (Lipinski definition) is 0. The number of esters is 1. The summed E-state index contributed by atoms with van der Waals surface area (Å²) in [7, 11) is 0. The molecule has 5 heteroatoms. The minimum absolute atomic E-state index is 0.0423. The first-order valence-corrected chi connectivity index (χ1v) is 7.10. The molecule has 0 aliphatic heterocycles. The largest absolute Gasteiger partial charge is 0.484 e. The minimum atomic E-state index is -0.404. The highest BCUT2D eigenvalue weighted by Crippen LogP contribution is 2.16. The van der Waals surface area contributed by atoms with Gasteiger partial charge in [0.2, 0.25) is 0 Å². The highest BCUT2D eigenvalue weighted by Gasteiger charge is 2.16. The van der Waals surface area contributed by atoms with E-state index >= 15 is 0 Å². The molecule has 5 nitrogen and oxygen atoms in total. The van der Waals surface area contributed by atoms with E-state index < -0.39 is 5.97 Å². The molecule has 0 saturated carbocycles. The van der Waals surface area contributed by atoms with Crippen LogP contribution in [0.3, 0.4) is 0 Å². The Kier molecular flexibility index (Phi) is 6.72. The van der Waals surface area contributed by atoms with Crippen LogP contribution in [0.2, 0.25) is 0 Å². The van der Waals surface area contributed by atoms with Crippen molar-refractivity contribution in [2.75, 3.05) is 26.3 Å². The number of hydrogen-bond acceptors (Lipinski definition) is 4. The second-order valence-corrected chi connectivity index (χ2v) is 4.83. The van der Waals surface area contributed by atoms with E-state index in [9.17, 15) is 9.59 Å². The molecule has 1 aromatic rings. The fourth-order valence-electron chi connectivity index (χ4n) is 1.99. The van der Waals surface area contributed by atoms with Gasteiger partial charge < -0.3 is 14.4 Å². The van der Waals surface area contributed by atoms with Gasteiger partial charge in [0, 0.05) is 6.54 Å². The minimum Gasteiger partial charge on any atom is -0.484 e. The standard InChI is InChI=1S/C16H23NO4/c1-5-17(10-16(19)20-6-2)15(18)11-21-14-8-12(3)7-13(4)9-14/h7-9H,5-6,10-11H2,1-4H3. The van der Waals surface area contributed by atoms with Crippen LogP contribution in [0.15, 0.2) is 18.2 Å². The molecule has 1 aromatic carbocycles. The topological polar surface area (TPSA) is 55.8 Å². The van der Waals surface area contributed by atoms with E-state index in [1.165, 1.54) is 4.90 Å². The fraction of sp³-hybridized carbons (Fsp3) is 0.500. The third-order valence-corrected chi connectivity index (χ3v) is 2.92. The predicted molar refractivity (Wildman–Crippen MR) is 80.3 cm³/mol. The second-order valence-electron chi connectivity index (χ2n) is 4.83. The van der Waals surface area contributed by atoms with E-state index in [-0.39, 0.29) is 19.1 Å². The summed E-state index contributed by atoms with van der Waals surface area (Å²) in [5, 5.41) is 0. The zero-order chi connectivity index (χ0) is 15.8. The molecular weight excluding hydrogens is 270 g/mol. The molecule has 0 radical (unpaired) electrons. The fourth-order valence-corrected chi connectivity index (χ4v) is 1.99. The zero-order valence-electron chi connectivity index (χ0n) is 13.1. The maximum atomic E-state index is 12.1. The summed E-state index contributed by atoms with van der Waals surface area (Å²) in [4.78, 5) is 24.9. The van der Waals surface area contributed by atoms with Gasteiger partial charge in [-0.25, -0.2) is 0 Å². The van der Waals surface area contributed by atoms with Gasteiger partial charge in [0.1, 0.15) is 12.3 Å². The Balaban J connectivity index is 2.56. The lowest BCUT2D eigenvalue weighted by molar-refractivity contribution is -0.149. The lowest BCUT2D eigenvalue weighted by Gasteiger charge is -2.20. The van der Waals surface area contributed by atoms with Crippen LogP contribution in [-0.4, -0.2) is 43.1 Å². The lowest BCUT2D eigenvalue weighted by Crippen LogP contribution is -2.39. The van der Waals surface area contributed by atoms with Gasteiger partial charge >= 0.3 is 5.97 Å². The molecule has 0 unspecified atom stereocenters. The number of likely N-dealkylation sites (N-methyl/N-ethyl adjacent to an activating group) is 1. The number of ether oxygens (including phenoxy) is 2. The maximum Gasteiger partial charge on any atom is 0.325 e. The van der Waals surface area contributed by atoms with Gasteiger partial charge in [-0.05, 0) is 51.0 Å². The molecule has 0 atom stereocenters. The summed E-state index contributed by atoms with van der Waals surface area (Å²) in [5.41, 5.74) is 2.16. The number of nitrogens with zero attached hydrogens (tertiary/aromatic N) is 1. The van der Waals surface area contributed by atoms with Crippen LogP contribution >= 0.6 is 0 Å². The van der Waals surface area contributed by atoms with E-state index in [0.29, 0.717) is 18.9 Å². The summed E-state index contributed by atoms with van der Waals surface area (Å²) in [6.45, 7) is 8.11. The SMILES string of the molecule is CCOC(=O)CN(CC)C(=O)COc1cc(C)cc(C)c1. The normalized spacial score (nSPS) is 10.1. The molecule has 116 valence electrons. The van der Waals surface area contributed by atoms with Crippen molar-refractivity contribution in [3.8, 4) is 5.75 Å². The number of aryl methyl sites for hydroxylation is 2. The van der Waals surface area contributed by atoms with Crippen molar-refractivity contribution >= 4 is 11.9 Å². The molecular formula is C16H23NO4. The Morgan fingerprint density at radius 3 is 2.24 bits per heavy atom. The Hall–Kier alpha value is -2.04. The molecule has 1 amide bonds. The highest BCUT2D eigenvalue weighted by atomic mass is 16.5. The summed E-state index contributed by atoms with van der Waals surface area (Å²) >= 11 is 0. The van der Waals surface area contributed by atoms with Crippen LogP contribution in [0, 0.1) is 13.8 Å². The van der Waals surface area contributed by atoms with E-state index in [1.807, 2.05) is 39.0 Å². The van der Waals surface area contributed by atoms with Gasteiger partial charge in [-0.3, -0.25) is 9.59 Å². The molecule has 0 N–H and O–H groups in total. The van der Waals surface area contributed by atoms with Crippen LogP contribution in [0.1, 0.15) is 25.0 Å². The molecule has 0 fully saturated rings. The average molecular weight is 293 g/mol. The lowest BCUT2D eigenvalue weighted by atomic mass is 10.1. The molecule has 0 aliphatic carbocycles. The molecule has 0 spiro atoms. The second kappa shape index (κ2) is 8.29. The quantitative estimate of drug-likeness (QED) is 0.722. The first kappa shape index (κ1) is 17.0. The first-order chi connectivity index (χ1) is 9.96. The number of amides is 1. The Morgan fingerprint density at radius 1 is 1.10 bits per heavy atom. The molecule has 21 heavy (non-hydrogen) atoms. The van der Waals surface area contributed by atoms with E-state index in [2.05, 4.69) is 0 Å². The molecule has 0 heterocycles. The van der Waals surface area contributed by atoms with Gasteiger partial charge in [0.05, 0.1) is 6.61 Å². The van der Waals surface area contributed by atoms with E-state index in [0.717, 1.165) is 11.1 Å². The van der Waals surface area contributed by atoms with Crippen molar-refractivity contribution in [3.63, 3.8) is 0 Å². The van der Waals surface area contributed by atoms with Crippen LogP contribution in [0.4, 0.5) is 0 Å². The number of rotatable bonds is 7. The zero-order valence-corrected chi connectivity index (χ0v) is 13.1. The Bertz CT molecular complexity index is 479. The Morgan fingerprint density at radius 2 is 1.71 bits per heavy atom. The molecule has 1 rings (SSSR count). The van der Waals surface area contributed by atoms with Crippen molar-refractivity contribution in [1.29, 1.82) is 0 Å². The van der Waals surface area contributed by atoms with Gasteiger partial charge in [-0.15, -0.1) is 0 Å². The molecule has 0 aromatic heterocycles. The monoisotopic (exact) mass is 293 g/mol. The maximum absolute atomic E-state index is 12.1. The first-order valence-electron chi connectivity index (χ1n) is 7.10. The number of carbonyl (C=O) groups excluding carboxylic acids is 2.